The second kappa shape index (κ2) is 8.93. The zero-order valence-electron chi connectivity index (χ0n) is 15.1. The number of imidazole rings is 1. The highest BCUT2D eigenvalue weighted by molar-refractivity contribution is 5.69. The lowest BCUT2D eigenvalue weighted by atomic mass is 10.2. The summed E-state index contributed by atoms with van der Waals surface area (Å²) in [4.78, 5) is 19.4. The quantitative estimate of drug-likeness (QED) is 0.763. The second-order valence-corrected chi connectivity index (χ2v) is 6.78. The molecule has 1 aliphatic heterocycles. The van der Waals surface area contributed by atoms with E-state index >= 15 is 0 Å². The average Bonchev–Trinajstić information content (AvgIpc) is 3.02. The molecule has 1 aliphatic rings. The van der Waals surface area contributed by atoms with Crippen LogP contribution in [-0.2, 0) is 22.6 Å². The number of aromatic nitrogens is 2. The summed E-state index contributed by atoms with van der Waals surface area (Å²) < 4.78 is 7.98. The Kier molecular flexibility index (Phi) is 6.38. The van der Waals surface area contributed by atoms with Crippen LogP contribution in [-0.4, -0.2) is 76.4 Å². The van der Waals surface area contributed by atoms with Gasteiger partial charge in [0.1, 0.15) is 5.82 Å². The lowest BCUT2D eigenvalue weighted by Gasteiger charge is -2.34. The van der Waals surface area contributed by atoms with E-state index in [1.54, 1.807) is 4.90 Å². The van der Waals surface area contributed by atoms with E-state index in [1.807, 2.05) is 37.6 Å². The van der Waals surface area contributed by atoms with Crippen molar-refractivity contribution in [3.63, 3.8) is 0 Å². The number of hydrogen-bond acceptors (Lipinski definition) is 5. The molecular weight excluding hydrogens is 332 g/mol. The predicted molar refractivity (Wildman–Crippen MR) is 97.9 cm³/mol. The minimum atomic E-state index is -0.817. The predicted octanol–water partition coefficient (Wildman–Crippen LogP) is 1.15. The van der Waals surface area contributed by atoms with Crippen LogP contribution in [0.1, 0.15) is 11.4 Å². The molecule has 2 aromatic rings. The van der Waals surface area contributed by atoms with Gasteiger partial charge in [-0.1, -0.05) is 30.3 Å². The first kappa shape index (κ1) is 18.6. The molecule has 0 aliphatic carbocycles. The van der Waals surface area contributed by atoms with Crippen molar-refractivity contribution >= 4 is 5.97 Å². The van der Waals surface area contributed by atoms with Crippen LogP contribution in [0.2, 0.25) is 0 Å². The van der Waals surface area contributed by atoms with E-state index in [-0.39, 0.29) is 12.6 Å². The van der Waals surface area contributed by atoms with E-state index in [9.17, 15) is 4.79 Å². The van der Waals surface area contributed by atoms with Crippen LogP contribution < -0.4 is 0 Å². The Labute approximate surface area is 153 Å². The fourth-order valence-electron chi connectivity index (χ4n) is 3.29. The molecule has 0 spiro atoms. The molecule has 3 rings (SSSR count). The van der Waals surface area contributed by atoms with Crippen molar-refractivity contribution in [3.05, 3.63) is 54.1 Å². The van der Waals surface area contributed by atoms with E-state index in [1.165, 1.54) is 5.56 Å². The first-order valence-corrected chi connectivity index (χ1v) is 8.88. The normalized spacial score (nSPS) is 18.3. The van der Waals surface area contributed by atoms with Gasteiger partial charge in [0.2, 0.25) is 0 Å². The Bertz CT molecular complexity index is 704. The lowest BCUT2D eigenvalue weighted by Crippen LogP contribution is -2.47. The number of morpholine rings is 1. The molecule has 2 heterocycles. The summed E-state index contributed by atoms with van der Waals surface area (Å²) in [5, 5.41) is 8.88. The van der Waals surface area contributed by atoms with E-state index in [0.717, 1.165) is 32.0 Å². The number of likely N-dealkylation sites (N-methyl/N-ethyl adjacent to an activating group) is 1. The second-order valence-electron chi connectivity index (χ2n) is 6.78. The molecule has 0 amide bonds. The van der Waals surface area contributed by atoms with Crippen molar-refractivity contribution in [2.24, 2.45) is 0 Å². The van der Waals surface area contributed by atoms with E-state index in [0.29, 0.717) is 13.2 Å². The van der Waals surface area contributed by atoms with Gasteiger partial charge in [-0.05, 0) is 12.6 Å². The Balaban J connectivity index is 1.56. The zero-order chi connectivity index (χ0) is 18.4. The minimum absolute atomic E-state index is 0.0191. The van der Waals surface area contributed by atoms with Crippen LogP contribution in [0, 0.1) is 0 Å². The molecule has 7 nitrogen and oxygen atoms in total. The highest BCUT2D eigenvalue weighted by Gasteiger charge is 2.23. The summed E-state index contributed by atoms with van der Waals surface area (Å²) in [7, 11) is 1.81. The summed E-state index contributed by atoms with van der Waals surface area (Å²) in [5.74, 6) is 0.219. The highest BCUT2D eigenvalue weighted by Crippen LogP contribution is 2.12. The van der Waals surface area contributed by atoms with Crippen LogP contribution in [0.3, 0.4) is 0 Å². The number of ether oxygens (including phenoxy) is 1. The average molecular weight is 358 g/mol. The van der Waals surface area contributed by atoms with Gasteiger partial charge in [-0.3, -0.25) is 14.6 Å². The summed E-state index contributed by atoms with van der Waals surface area (Å²) in [6, 6.07) is 10.4. The molecule has 140 valence electrons. The zero-order valence-corrected chi connectivity index (χ0v) is 15.1. The smallest absolute Gasteiger partial charge is 0.317 e. The largest absolute Gasteiger partial charge is 0.480 e. The van der Waals surface area contributed by atoms with Gasteiger partial charge < -0.3 is 14.4 Å². The van der Waals surface area contributed by atoms with Gasteiger partial charge in [-0.15, -0.1) is 0 Å². The Morgan fingerprint density at radius 2 is 2.15 bits per heavy atom. The maximum Gasteiger partial charge on any atom is 0.317 e. The van der Waals surface area contributed by atoms with Gasteiger partial charge in [0.25, 0.3) is 0 Å². The number of hydrogen-bond donors (Lipinski definition) is 1. The Morgan fingerprint density at radius 1 is 1.35 bits per heavy atom. The number of carbonyl (C=O) groups is 1. The van der Waals surface area contributed by atoms with E-state index < -0.39 is 5.97 Å². The number of carboxylic acids is 1. The van der Waals surface area contributed by atoms with E-state index in [2.05, 4.69) is 26.6 Å². The molecule has 1 N–H and O–H groups in total. The van der Waals surface area contributed by atoms with Gasteiger partial charge in [-0.2, -0.15) is 0 Å². The van der Waals surface area contributed by atoms with Crippen LogP contribution >= 0.6 is 0 Å². The number of rotatable bonds is 8. The van der Waals surface area contributed by atoms with Gasteiger partial charge in [0, 0.05) is 38.6 Å². The molecule has 0 bridgehead atoms. The van der Waals surface area contributed by atoms with Gasteiger partial charge in [0.15, 0.2) is 0 Å². The fourth-order valence-corrected chi connectivity index (χ4v) is 3.29. The van der Waals surface area contributed by atoms with Gasteiger partial charge in [0.05, 0.1) is 25.8 Å². The third-order valence-corrected chi connectivity index (χ3v) is 4.51. The van der Waals surface area contributed by atoms with Gasteiger partial charge in [-0.25, -0.2) is 4.98 Å². The van der Waals surface area contributed by atoms with Crippen molar-refractivity contribution in [1.82, 2.24) is 19.4 Å². The summed E-state index contributed by atoms with van der Waals surface area (Å²) in [6.45, 7) is 4.51. The Morgan fingerprint density at radius 3 is 2.92 bits per heavy atom. The summed E-state index contributed by atoms with van der Waals surface area (Å²) in [5.41, 5.74) is 1.25. The van der Waals surface area contributed by atoms with Crippen molar-refractivity contribution < 1.29 is 14.6 Å². The number of nitrogens with zero attached hydrogens (tertiary/aromatic N) is 4. The monoisotopic (exact) mass is 358 g/mol. The van der Waals surface area contributed by atoms with Crippen LogP contribution in [0.25, 0.3) is 0 Å². The van der Waals surface area contributed by atoms with Crippen molar-refractivity contribution in [2.75, 3.05) is 39.8 Å². The fraction of sp³-hybridized carbons (Fsp3) is 0.474. The van der Waals surface area contributed by atoms with Crippen molar-refractivity contribution in [2.45, 2.75) is 19.2 Å². The molecule has 0 saturated carbocycles. The first-order valence-electron chi connectivity index (χ1n) is 8.88. The minimum Gasteiger partial charge on any atom is -0.480 e. The molecule has 0 radical (unpaired) electrons. The van der Waals surface area contributed by atoms with E-state index in [4.69, 9.17) is 9.84 Å². The number of benzene rings is 1. The molecule has 1 saturated heterocycles. The molecule has 7 heteroatoms. The molecule has 1 fully saturated rings. The number of aliphatic carboxylic acids is 1. The standard InChI is InChI=1S/C19H26N4O3/c1-21(15-19(24)25)12-17-13-22(9-10-26-17)14-18-20-7-8-23(18)11-16-5-3-2-4-6-16/h2-8,17H,9-15H2,1H3,(H,24,25). The van der Waals surface area contributed by atoms with Crippen LogP contribution in [0.5, 0.6) is 0 Å². The van der Waals surface area contributed by atoms with Crippen LogP contribution in [0.4, 0.5) is 0 Å². The summed E-state index contributed by atoms with van der Waals surface area (Å²) in [6.07, 6.45) is 3.88. The third kappa shape index (κ3) is 5.39. The molecular formula is C19H26N4O3. The molecule has 1 aromatic carbocycles. The molecule has 1 unspecified atom stereocenters. The maximum atomic E-state index is 10.8. The van der Waals surface area contributed by atoms with Crippen LogP contribution in [0.15, 0.2) is 42.7 Å². The topological polar surface area (TPSA) is 70.8 Å². The SMILES string of the molecule is CN(CC(=O)O)CC1CN(Cc2nccn2Cc2ccccc2)CCO1. The Hall–Kier alpha value is -2.22. The van der Waals surface area contributed by atoms with Gasteiger partial charge >= 0.3 is 5.97 Å². The molecule has 1 atom stereocenters. The maximum absolute atomic E-state index is 10.8. The molecule has 1 aromatic heterocycles. The lowest BCUT2D eigenvalue weighted by molar-refractivity contribution is -0.138. The highest BCUT2D eigenvalue weighted by atomic mass is 16.5. The molecule has 26 heavy (non-hydrogen) atoms. The summed E-state index contributed by atoms with van der Waals surface area (Å²) >= 11 is 0. The van der Waals surface area contributed by atoms with Crippen molar-refractivity contribution in [3.8, 4) is 0 Å². The third-order valence-electron chi connectivity index (χ3n) is 4.51. The number of carboxylic acid groups (broad SMARTS) is 1. The first-order chi connectivity index (χ1) is 12.6. The van der Waals surface area contributed by atoms with Crippen molar-refractivity contribution in [1.29, 1.82) is 0 Å².